The van der Waals surface area contributed by atoms with E-state index in [0.29, 0.717) is 10.4 Å². The molecule has 0 aromatic carbocycles. The number of halogens is 1. The van der Waals surface area contributed by atoms with Crippen LogP contribution in [0.1, 0.15) is 44.0 Å². The molecule has 0 spiro atoms. The number of rotatable bonds is 3. The lowest BCUT2D eigenvalue weighted by Gasteiger charge is -2.23. The van der Waals surface area contributed by atoms with Crippen LogP contribution in [-0.2, 0) is 0 Å². The van der Waals surface area contributed by atoms with Crippen molar-refractivity contribution in [1.29, 1.82) is 0 Å². The molecule has 4 atom stereocenters. The van der Waals surface area contributed by atoms with Gasteiger partial charge in [-0.25, -0.2) is 0 Å². The Kier molecular flexibility index (Phi) is 2.84. The third kappa shape index (κ3) is 1.95. The van der Waals surface area contributed by atoms with Crippen molar-refractivity contribution >= 4 is 15.9 Å². The summed E-state index contributed by atoms with van der Waals surface area (Å²) < 4.78 is 6.11. The van der Waals surface area contributed by atoms with Crippen LogP contribution in [0.5, 0.6) is 0 Å². The van der Waals surface area contributed by atoms with Crippen LogP contribution >= 0.6 is 15.9 Å². The lowest BCUT2D eigenvalue weighted by Crippen LogP contribution is -2.14. The summed E-state index contributed by atoms with van der Waals surface area (Å²) in [5, 5.41) is 10.1. The van der Waals surface area contributed by atoms with Crippen LogP contribution in [0.3, 0.4) is 0 Å². The highest BCUT2D eigenvalue weighted by atomic mass is 79.9. The largest absolute Gasteiger partial charge is 0.452 e. The average Bonchev–Trinajstić information content (AvgIpc) is 2.92. The van der Waals surface area contributed by atoms with Crippen molar-refractivity contribution in [1.82, 2.24) is 0 Å². The minimum absolute atomic E-state index is 0.421. The molecule has 3 heteroatoms. The standard InChI is InChI=1S/C13H17BrO2/c14-13-4-3-12(16-13)11(15)7-10-6-8-1-2-9(10)5-8/h3-4,8-11,15H,1-2,5-7H2. The van der Waals surface area contributed by atoms with Crippen molar-refractivity contribution in [3.8, 4) is 0 Å². The summed E-state index contributed by atoms with van der Waals surface area (Å²) in [6.07, 6.45) is 5.98. The summed E-state index contributed by atoms with van der Waals surface area (Å²) in [6.45, 7) is 0. The fraction of sp³-hybridized carbons (Fsp3) is 0.692. The van der Waals surface area contributed by atoms with Crippen LogP contribution in [0.25, 0.3) is 0 Å². The van der Waals surface area contributed by atoms with E-state index in [-0.39, 0.29) is 0 Å². The average molecular weight is 285 g/mol. The van der Waals surface area contributed by atoms with Gasteiger partial charge in [-0.3, -0.25) is 0 Å². The quantitative estimate of drug-likeness (QED) is 0.913. The minimum Gasteiger partial charge on any atom is -0.452 e. The fourth-order valence-corrected chi connectivity index (χ4v) is 3.89. The molecule has 0 saturated heterocycles. The van der Waals surface area contributed by atoms with Gasteiger partial charge in [0.25, 0.3) is 0 Å². The first-order chi connectivity index (χ1) is 7.72. The Bertz CT molecular complexity index is 374. The Labute approximate surface area is 104 Å². The van der Waals surface area contributed by atoms with E-state index in [0.717, 1.165) is 24.2 Å². The first kappa shape index (κ1) is 10.8. The molecule has 0 aliphatic heterocycles. The van der Waals surface area contributed by atoms with Crippen LogP contribution in [0, 0.1) is 17.8 Å². The van der Waals surface area contributed by atoms with E-state index < -0.39 is 6.10 Å². The summed E-state index contributed by atoms with van der Waals surface area (Å²) in [7, 11) is 0. The molecular weight excluding hydrogens is 268 g/mol. The molecule has 3 rings (SSSR count). The molecule has 1 aromatic heterocycles. The van der Waals surface area contributed by atoms with Crippen molar-refractivity contribution in [2.45, 2.75) is 38.2 Å². The molecule has 1 heterocycles. The molecule has 1 aromatic rings. The second kappa shape index (κ2) is 4.19. The van der Waals surface area contributed by atoms with E-state index in [1.807, 2.05) is 12.1 Å². The zero-order chi connectivity index (χ0) is 11.1. The van der Waals surface area contributed by atoms with Gasteiger partial charge in [-0.2, -0.15) is 0 Å². The normalized spacial score (nSPS) is 34.5. The summed E-state index contributed by atoms with van der Waals surface area (Å²) >= 11 is 3.27. The molecule has 2 saturated carbocycles. The van der Waals surface area contributed by atoms with Crippen molar-refractivity contribution < 1.29 is 9.52 Å². The Hall–Kier alpha value is -0.280. The van der Waals surface area contributed by atoms with Gasteiger partial charge >= 0.3 is 0 Å². The highest BCUT2D eigenvalue weighted by Gasteiger charge is 2.40. The number of furan rings is 1. The minimum atomic E-state index is -0.421. The highest BCUT2D eigenvalue weighted by Crippen LogP contribution is 2.50. The Morgan fingerprint density at radius 3 is 2.81 bits per heavy atom. The van der Waals surface area contributed by atoms with E-state index in [9.17, 15) is 5.11 Å². The monoisotopic (exact) mass is 284 g/mol. The maximum absolute atomic E-state index is 10.1. The number of fused-ring (bicyclic) bond motifs is 2. The lowest BCUT2D eigenvalue weighted by atomic mass is 9.84. The molecule has 88 valence electrons. The van der Waals surface area contributed by atoms with Gasteiger partial charge in [-0.1, -0.05) is 6.42 Å². The molecule has 2 aliphatic carbocycles. The van der Waals surface area contributed by atoms with Crippen LogP contribution in [-0.4, -0.2) is 5.11 Å². The SMILES string of the molecule is OC(CC1CC2CCC1C2)c1ccc(Br)o1. The summed E-state index contributed by atoms with van der Waals surface area (Å²) in [5.41, 5.74) is 0. The van der Waals surface area contributed by atoms with E-state index in [4.69, 9.17) is 4.42 Å². The first-order valence-electron chi connectivity index (χ1n) is 6.15. The smallest absolute Gasteiger partial charge is 0.169 e. The zero-order valence-electron chi connectivity index (χ0n) is 9.23. The van der Waals surface area contributed by atoms with Gasteiger partial charge in [-0.05, 0) is 71.5 Å². The maximum Gasteiger partial charge on any atom is 0.169 e. The molecule has 1 N–H and O–H groups in total. The second-order valence-electron chi connectivity index (χ2n) is 5.33. The van der Waals surface area contributed by atoms with Crippen molar-refractivity contribution in [3.63, 3.8) is 0 Å². The lowest BCUT2D eigenvalue weighted by molar-refractivity contribution is 0.104. The van der Waals surface area contributed by atoms with Crippen molar-refractivity contribution in [2.75, 3.05) is 0 Å². The molecule has 2 bridgehead atoms. The van der Waals surface area contributed by atoms with Crippen molar-refractivity contribution in [2.24, 2.45) is 17.8 Å². The van der Waals surface area contributed by atoms with E-state index >= 15 is 0 Å². The third-order valence-electron chi connectivity index (χ3n) is 4.33. The molecule has 0 radical (unpaired) electrons. The molecule has 4 unspecified atom stereocenters. The van der Waals surface area contributed by atoms with Gasteiger partial charge in [0.05, 0.1) is 0 Å². The van der Waals surface area contributed by atoms with Crippen LogP contribution in [0.4, 0.5) is 0 Å². The van der Waals surface area contributed by atoms with Gasteiger partial charge in [0.15, 0.2) is 4.67 Å². The van der Waals surface area contributed by atoms with Crippen LogP contribution < -0.4 is 0 Å². The zero-order valence-corrected chi connectivity index (χ0v) is 10.8. The van der Waals surface area contributed by atoms with Gasteiger partial charge in [0.2, 0.25) is 0 Å². The Morgan fingerprint density at radius 2 is 2.25 bits per heavy atom. The third-order valence-corrected chi connectivity index (χ3v) is 4.76. The predicted molar refractivity (Wildman–Crippen MR) is 64.9 cm³/mol. The van der Waals surface area contributed by atoms with Crippen LogP contribution in [0.15, 0.2) is 21.2 Å². The number of aliphatic hydroxyl groups is 1. The second-order valence-corrected chi connectivity index (χ2v) is 6.11. The van der Waals surface area contributed by atoms with Gasteiger partial charge < -0.3 is 9.52 Å². The van der Waals surface area contributed by atoms with Gasteiger partial charge in [-0.15, -0.1) is 0 Å². The van der Waals surface area contributed by atoms with E-state index in [1.54, 1.807) is 0 Å². The number of aliphatic hydroxyl groups excluding tert-OH is 1. The highest BCUT2D eigenvalue weighted by molar-refractivity contribution is 9.10. The molecule has 2 aliphatic rings. The Balaban J connectivity index is 1.62. The van der Waals surface area contributed by atoms with Gasteiger partial charge in [0, 0.05) is 0 Å². The number of hydrogen-bond donors (Lipinski definition) is 1. The summed E-state index contributed by atoms with van der Waals surface area (Å²) in [4.78, 5) is 0. The molecule has 16 heavy (non-hydrogen) atoms. The topological polar surface area (TPSA) is 33.4 Å². The fourth-order valence-electron chi connectivity index (χ4n) is 3.58. The van der Waals surface area contributed by atoms with Gasteiger partial charge in [0.1, 0.15) is 11.9 Å². The summed E-state index contributed by atoms with van der Waals surface area (Å²) in [6, 6.07) is 3.71. The predicted octanol–water partition coefficient (Wildman–Crippen LogP) is 3.90. The maximum atomic E-state index is 10.1. The summed E-state index contributed by atoms with van der Waals surface area (Å²) in [5.74, 6) is 3.25. The molecule has 0 amide bonds. The molecule has 2 nitrogen and oxygen atoms in total. The van der Waals surface area contributed by atoms with E-state index in [2.05, 4.69) is 15.9 Å². The molecule has 2 fully saturated rings. The first-order valence-corrected chi connectivity index (χ1v) is 6.95. The Morgan fingerprint density at radius 1 is 1.38 bits per heavy atom. The van der Waals surface area contributed by atoms with Crippen LogP contribution in [0.2, 0.25) is 0 Å². The van der Waals surface area contributed by atoms with E-state index in [1.165, 1.54) is 25.7 Å². The molecular formula is C13H17BrO2. The number of hydrogen-bond acceptors (Lipinski definition) is 2. The van der Waals surface area contributed by atoms with Crippen molar-refractivity contribution in [3.05, 3.63) is 22.6 Å².